The van der Waals surface area contributed by atoms with Crippen LogP contribution in [0.5, 0.6) is 5.75 Å². The molecule has 0 spiro atoms. The molecule has 0 aliphatic carbocycles. The van der Waals surface area contributed by atoms with E-state index in [9.17, 15) is 5.11 Å². The molecule has 2 aromatic rings. The van der Waals surface area contributed by atoms with Crippen LogP contribution >= 0.6 is 12.6 Å². The minimum Gasteiger partial charge on any atom is -0.508 e. The standard InChI is InChI=1S/C9H8N2OS/c12-8-3-1-2-7(6-8)11-5-4-10-9(11)13/h1-6,12H,(H,10,13). The van der Waals surface area contributed by atoms with E-state index in [-0.39, 0.29) is 5.75 Å². The van der Waals surface area contributed by atoms with Crippen LogP contribution in [0.25, 0.3) is 5.69 Å². The molecule has 0 radical (unpaired) electrons. The quantitative estimate of drug-likeness (QED) is 0.677. The zero-order valence-corrected chi connectivity index (χ0v) is 7.65. The minimum atomic E-state index is 0.235. The molecule has 0 fully saturated rings. The first-order valence-corrected chi connectivity index (χ1v) is 4.24. The average Bonchev–Trinajstić information content (AvgIpc) is 2.51. The minimum absolute atomic E-state index is 0.235. The lowest BCUT2D eigenvalue weighted by molar-refractivity contribution is 0.475. The van der Waals surface area contributed by atoms with Crippen molar-refractivity contribution in [1.82, 2.24) is 9.55 Å². The van der Waals surface area contributed by atoms with Crippen LogP contribution in [0.4, 0.5) is 0 Å². The van der Waals surface area contributed by atoms with E-state index < -0.39 is 0 Å². The van der Waals surface area contributed by atoms with Crippen molar-refractivity contribution in [2.45, 2.75) is 5.16 Å². The van der Waals surface area contributed by atoms with Gasteiger partial charge >= 0.3 is 0 Å². The van der Waals surface area contributed by atoms with Crippen LogP contribution in [0.1, 0.15) is 0 Å². The number of imidazole rings is 1. The topological polar surface area (TPSA) is 38.0 Å². The summed E-state index contributed by atoms with van der Waals surface area (Å²) in [6.45, 7) is 0. The zero-order chi connectivity index (χ0) is 9.26. The number of hydrogen-bond donors (Lipinski definition) is 2. The molecule has 2 rings (SSSR count). The van der Waals surface area contributed by atoms with Gasteiger partial charge in [-0.2, -0.15) is 0 Å². The monoisotopic (exact) mass is 192 g/mol. The van der Waals surface area contributed by atoms with Gasteiger partial charge < -0.3 is 5.11 Å². The molecule has 0 aliphatic heterocycles. The number of nitrogens with zero attached hydrogens (tertiary/aromatic N) is 2. The molecular weight excluding hydrogens is 184 g/mol. The molecule has 0 aliphatic rings. The van der Waals surface area contributed by atoms with Gasteiger partial charge in [0.15, 0.2) is 5.16 Å². The third-order valence-corrected chi connectivity index (χ3v) is 2.06. The summed E-state index contributed by atoms with van der Waals surface area (Å²) in [7, 11) is 0. The van der Waals surface area contributed by atoms with Crippen LogP contribution in [0.15, 0.2) is 41.8 Å². The summed E-state index contributed by atoms with van der Waals surface area (Å²) in [5.41, 5.74) is 0.850. The summed E-state index contributed by atoms with van der Waals surface area (Å²) in [5, 5.41) is 9.85. The van der Waals surface area contributed by atoms with Crippen molar-refractivity contribution in [1.29, 1.82) is 0 Å². The predicted octanol–water partition coefficient (Wildman–Crippen LogP) is 1.87. The van der Waals surface area contributed by atoms with E-state index in [4.69, 9.17) is 0 Å². The Morgan fingerprint density at radius 3 is 2.85 bits per heavy atom. The number of hydrogen-bond acceptors (Lipinski definition) is 3. The molecule has 66 valence electrons. The van der Waals surface area contributed by atoms with Crippen molar-refractivity contribution >= 4 is 12.6 Å². The summed E-state index contributed by atoms with van der Waals surface area (Å²) in [6, 6.07) is 6.93. The molecule has 4 heteroatoms. The van der Waals surface area contributed by atoms with Gasteiger partial charge in [0, 0.05) is 18.5 Å². The molecule has 1 aromatic heterocycles. The Bertz CT molecular complexity index is 425. The van der Waals surface area contributed by atoms with Gasteiger partial charge in [0.1, 0.15) is 5.75 Å². The van der Waals surface area contributed by atoms with Gasteiger partial charge in [0.05, 0.1) is 5.69 Å². The van der Waals surface area contributed by atoms with Gasteiger partial charge in [-0.05, 0) is 12.1 Å². The van der Waals surface area contributed by atoms with E-state index in [0.29, 0.717) is 5.16 Å². The Morgan fingerprint density at radius 1 is 1.38 bits per heavy atom. The van der Waals surface area contributed by atoms with Crippen molar-refractivity contribution in [3.05, 3.63) is 36.7 Å². The second kappa shape index (κ2) is 3.14. The Hall–Kier alpha value is -1.42. The molecule has 1 N–H and O–H groups in total. The number of aromatic hydroxyl groups is 1. The summed E-state index contributed by atoms with van der Waals surface area (Å²) in [6.07, 6.45) is 3.45. The lowest BCUT2D eigenvalue weighted by atomic mass is 10.3. The second-order valence-corrected chi connectivity index (χ2v) is 3.02. The first-order valence-electron chi connectivity index (χ1n) is 3.79. The summed E-state index contributed by atoms with van der Waals surface area (Å²) < 4.78 is 1.78. The van der Waals surface area contributed by atoms with Gasteiger partial charge in [0.2, 0.25) is 0 Å². The van der Waals surface area contributed by atoms with Gasteiger partial charge in [-0.25, -0.2) is 4.98 Å². The Kier molecular flexibility index (Phi) is 1.98. The fourth-order valence-electron chi connectivity index (χ4n) is 1.14. The summed E-state index contributed by atoms with van der Waals surface area (Å²) >= 11 is 4.16. The van der Waals surface area contributed by atoms with E-state index >= 15 is 0 Å². The van der Waals surface area contributed by atoms with Crippen molar-refractivity contribution in [3.63, 3.8) is 0 Å². The van der Waals surface area contributed by atoms with Crippen molar-refractivity contribution < 1.29 is 5.11 Å². The van der Waals surface area contributed by atoms with E-state index in [1.807, 2.05) is 6.07 Å². The maximum Gasteiger partial charge on any atom is 0.169 e. The molecule has 0 saturated heterocycles. The number of phenolic OH excluding ortho intramolecular Hbond substituents is 1. The first-order chi connectivity index (χ1) is 6.27. The summed E-state index contributed by atoms with van der Waals surface area (Å²) in [4.78, 5) is 3.97. The highest BCUT2D eigenvalue weighted by Crippen LogP contribution is 2.17. The fourth-order valence-corrected chi connectivity index (χ4v) is 1.39. The summed E-state index contributed by atoms with van der Waals surface area (Å²) in [5.74, 6) is 0.235. The first kappa shape index (κ1) is 8.19. The largest absolute Gasteiger partial charge is 0.508 e. The third kappa shape index (κ3) is 1.53. The molecule has 0 atom stereocenters. The zero-order valence-electron chi connectivity index (χ0n) is 6.75. The van der Waals surface area contributed by atoms with E-state index in [0.717, 1.165) is 5.69 Å². The maximum absolute atomic E-state index is 9.24. The number of phenols is 1. The smallest absolute Gasteiger partial charge is 0.169 e. The third-order valence-electron chi connectivity index (χ3n) is 1.73. The Balaban J connectivity index is 2.53. The number of thiol groups is 1. The molecule has 0 unspecified atom stereocenters. The molecule has 1 aromatic carbocycles. The van der Waals surface area contributed by atoms with E-state index in [2.05, 4.69) is 17.6 Å². The van der Waals surface area contributed by atoms with Crippen molar-refractivity contribution in [2.75, 3.05) is 0 Å². The lowest BCUT2D eigenvalue weighted by Crippen LogP contribution is -1.91. The molecule has 0 amide bonds. The van der Waals surface area contributed by atoms with Crippen LogP contribution in [0.2, 0.25) is 0 Å². The SMILES string of the molecule is Oc1cccc(-n2ccnc2S)c1. The van der Waals surface area contributed by atoms with Crippen molar-refractivity contribution in [2.24, 2.45) is 0 Å². The van der Waals surface area contributed by atoms with E-state index in [1.165, 1.54) is 0 Å². The van der Waals surface area contributed by atoms with Crippen LogP contribution in [0, 0.1) is 0 Å². The van der Waals surface area contributed by atoms with Crippen LogP contribution in [0.3, 0.4) is 0 Å². The van der Waals surface area contributed by atoms with Crippen LogP contribution in [-0.4, -0.2) is 14.7 Å². The molecule has 1 heterocycles. The Labute approximate surface area is 81.1 Å². The predicted molar refractivity (Wildman–Crippen MR) is 52.5 cm³/mol. The lowest BCUT2D eigenvalue weighted by Gasteiger charge is -2.03. The van der Waals surface area contributed by atoms with Gasteiger partial charge in [0.25, 0.3) is 0 Å². The average molecular weight is 192 g/mol. The fraction of sp³-hybridized carbons (Fsp3) is 0. The molecule has 13 heavy (non-hydrogen) atoms. The van der Waals surface area contributed by atoms with Gasteiger partial charge in [-0.15, -0.1) is 12.6 Å². The highest BCUT2D eigenvalue weighted by Gasteiger charge is 2.00. The maximum atomic E-state index is 9.24. The Morgan fingerprint density at radius 2 is 2.23 bits per heavy atom. The highest BCUT2D eigenvalue weighted by molar-refractivity contribution is 7.80. The van der Waals surface area contributed by atoms with Crippen molar-refractivity contribution in [3.8, 4) is 11.4 Å². The number of benzene rings is 1. The number of rotatable bonds is 1. The number of aromatic nitrogens is 2. The highest BCUT2D eigenvalue weighted by atomic mass is 32.1. The molecule has 0 bridgehead atoms. The van der Waals surface area contributed by atoms with Crippen LogP contribution < -0.4 is 0 Å². The van der Waals surface area contributed by atoms with Crippen LogP contribution in [-0.2, 0) is 0 Å². The van der Waals surface area contributed by atoms with Gasteiger partial charge in [-0.1, -0.05) is 6.07 Å². The normalized spacial score (nSPS) is 10.2. The molecule has 3 nitrogen and oxygen atoms in total. The van der Waals surface area contributed by atoms with Gasteiger partial charge in [-0.3, -0.25) is 4.57 Å². The second-order valence-electron chi connectivity index (χ2n) is 2.62. The molecule has 0 saturated carbocycles. The molecular formula is C9H8N2OS. The van der Waals surface area contributed by atoms with E-state index in [1.54, 1.807) is 35.2 Å².